The van der Waals surface area contributed by atoms with E-state index in [4.69, 9.17) is 14.7 Å². The Morgan fingerprint density at radius 2 is 1.62 bits per heavy atom. The average molecular weight is 581 g/mol. The molecular weight excluding hydrogens is 542 g/mol. The molecule has 1 atom stereocenters. The van der Waals surface area contributed by atoms with E-state index in [2.05, 4.69) is 25.0 Å². The van der Waals surface area contributed by atoms with Crippen molar-refractivity contribution in [2.45, 2.75) is 69.5 Å². The SMILES string of the molecule is O=C1C(N2CCCC2)CCN1[C@H]1CC[C@H](Nc2nc(N3CCOCC3)cc(-n3c(C(F)F)nc4ccccc43)n2)CC1. The van der Waals surface area contributed by atoms with E-state index in [0.29, 0.717) is 60.8 Å². The van der Waals surface area contributed by atoms with Crippen LogP contribution in [0.1, 0.15) is 57.2 Å². The number of hydrogen-bond donors (Lipinski definition) is 1. The quantitative estimate of drug-likeness (QED) is 0.449. The number of morpholine rings is 1. The van der Waals surface area contributed by atoms with E-state index in [-0.39, 0.29) is 23.9 Å². The lowest BCUT2D eigenvalue weighted by molar-refractivity contribution is -0.134. The number of benzene rings is 1. The zero-order valence-electron chi connectivity index (χ0n) is 23.8. The second-order valence-electron chi connectivity index (χ2n) is 11.8. The Kier molecular flexibility index (Phi) is 7.66. The van der Waals surface area contributed by atoms with Gasteiger partial charge in [-0.25, -0.2) is 13.8 Å². The third-order valence-electron chi connectivity index (χ3n) is 9.31. The van der Waals surface area contributed by atoms with E-state index in [1.165, 1.54) is 17.4 Å². The topological polar surface area (TPSA) is 91.7 Å². The number of likely N-dealkylation sites (tertiary alicyclic amines) is 2. The van der Waals surface area contributed by atoms with Crippen LogP contribution in [0.5, 0.6) is 0 Å². The largest absolute Gasteiger partial charge is 0.378 e. The Labute approximate surface area is 244 Å². The lowest BCUT2D eigenvalue weighted by Gasteiger charge is -2.35. The first kappa shape index (κ1) is 27.5. The van der Waals surface area contributed by atoms with Gasteiger partial charge in [0.25, 0.3) is 6.43 Å². The van der Waals surface area contributed by atoms with Crippen LogP contribution in [0.2, 0.25) is 0 Å². The van der Waals surface area contributed by atoms with Crippen LogP contribution in [0.4, 0.5) is 20.5 Å². The number of amides is 1. The van der Waals surface area contributed by atoms with Gasteiger partial charge in [0.2, 0.25) is 11.9 Å². The standard InChI is InChI=1S/C30H38F2N8O2/c31-27(32)28-34-22-5-1-2-6-23(22)40(28)26-19-25(38-15-17-42-18-16-38)35-30(36-26)33-20-7-9-21(10-8-20)39-14-11-24(29(39)41)37-12-3-4-13-37/h1-2,5-6,19-21,24,27H,3-4,7-18H2,(H,33,35,36)/t20-,21-,24?. The van der Waals surface area contributed by atoms with E-state index >= 15 is 0 Å². The molecule has 42 heavy (non-hydrogen) atoms. The van der Waals surface area contributed by atoms with Gasteiger partial charge in [-0.3, -0.25) is 14.3 Å². The molecule has 1 saturated carbocycles. The second kappa shape index (κ2) is 11.7. The van der Waals surface area contributed by atoms with E-state index < -0.39 is 6.43 Å². The van der Waals surface area contributed by atoms with E-state index in [1.807, 2.05) is 6.07 Å². The molecule has 0 spiro atoms. The maximum absolute atomic E-state index is 14.2. The number of nitrogens with zero attached hydrogens (tertiary/aromatic N) is 7. The summed E-state index contributed by atoms with van der Waals surface area (Å²) in [6, 6.07) is 9.36. The molecule has 1 N–H and O–H groups in total. The molecule has 3 aromatic rings. The first-order valence-electron chi connectivity index (χ1n) is 15.3. The minimum Gasteiger partial charge on any atom is -0.378 e. The highest BCUT2D eigenvalue weighted by Gasteiger charge is 2.40. The van der Waals surface area contributed by atoms with Crippen molar-refractivity contribution < 1.29 is 18.3 Å². The summed E-state index contributed by atoms with van der Waals surface area (Å²) in [6.45, 7) is 5.42. The number of fused-ring (bicyclic) bond motifs is 1. The van der Waals surface area contributed by atoms with Crippen molar-refractivity contribution in [3.63, 3.8) is 0 Å². The third-order valence-corrected chi connectivity index (χ3v) is 9.31. The number of para-hydroxylation sites is 2. The Morgan fingerprint density at radius 1 is 0.881 bits per heavy atom. The summed E-state index contributed by atoms with van der Waals surface area (Å²) in [4.78, 5) is 33.7. The molecule has 0 radical (unpaired) electrons. The van der Waals surface area contributed by atoms with Gasteiger partial charge in [-0.15, -0.1) is 0 Å². The summed E-state index contributed by atoms with van der Waals surface area (Å²) < 4.78 is 35.3. The van der Waals surface area contributed by atoms with Crippen molar-refractivity contribution in [1.29, 1.82) is 0 Å². The van der Waals surface area contributed by atoms with Crippen LogP contribution in [-0.2, 0) is 9.53 Å². The third kappa shape index (κ3) is 5.30. The highest BCUT2D eigenvalue weighted by atomic mass is 19.3. The number of imidazole rings is 1. The molecule has 224 valence electrons. The Bertz CT molecular complexity index is 1410. The highest BCUT2D eigenvalue weighted by molar-refractivity contribution is 5.84. The summed E-state index contributed by atoms with van der Waals surface area (Å²) >= 11 is 0. The average Bonchev–Trinajstić information content (AvgIpc) is 3.77. The van der Waals surface area contributed by atoms with Crippen LogP contribution in [0, 0.1) is 0 Å². The number of rotatable bonds is 7. The van der Waals surface area contributed by atoms with Gasteiger partial charge in [-0.05, 0) is 70.2 Å². The molecule has 1 amide bonds. The molecule has 7 rings (SSSR count). The lowest BCUT2D eigenvalue weighted by Crippen LogP contribution is -2.46. The second-order valence-corrected chi connectivity index (χ2v) is 11.8. The number of carbonyl (C=O) groups excluding carboxylic acids is 1. The van der Waals surface area contributed by atoms with E-state index in [9.17, 15) is 13.6 Å². The Morgan fingerprint density at radius 3 is 2.38 bits per heavy atom. The maximum Gasteiger partial charge on any atom is 0.296 e. The minimum absolute atomic E-state index is 0.0653. The van der Waals surface area contributed by atoms with Crippen molar-refractivity contribution >= 4 is 28.7 Å². The molecule has 3 saturated heterocycles. The number of carbonyl (C=O) groups is 1. The molecule has 1 aliphatic carbocycles. The van der Waals surface area contributed by atoms with Gasteiger partial charge in [0.15, 0.2) is 5.82 Å². The van der Waals surface area contributed by atoms with Crippen LogP contribution < -0.4 is 10.2 Å². The van der Waals surface area contributed by atoms with Crippen molar-refractivity contribution in [1.82, 2.24) is 29.3 Å². The summed E-state index contributed by atoms with van der Waals surface area (Å²) in [7, 11) is 0. The van der Waals surface area contributed by atoms with Gasteiger partial charge >= 0.3 is 0 Å². The van der Waals surface area contributed by atoms with Gasteiger partial charge in [0, 0.05) is 37.8 Å². The molecule has 4 fully saturated rings. The molecule has 3 aliphatic heterocycles. The molecule has 1 aromatic carbocycles. The van der Waals surface area contributed by atoms with Crippen LogP contribution >= 0.6 is 0 Å². The summed E-state index contributed by atoms with van der Waals surface area (Å²) in [5.41, 5.74) is 1.07. The van der Waals surface area contributed by atoms with Crippen molar-refractivity contribution in [2.75, 3.05) is 56.2 Å². The van der Waals surface area contributed by atoms with Crippen LogP contribution in [0.15, 0.2) is 30.3 Å². The molecule has 12 heteroatoms. The molecule has 1 unspecified atom stereocenters. The number of halogens is 2. The molecule has 10 nitrogen and oxygen atoms in total. The van der Waals surface area contributed by atoms with Gasteiger partial charge in [-0.2, -0.15) is 9.97 Å². The fraction of sp³-hybridized carbons (Fsp3) is 0.600. The van der Waals surface area contributed by atoms with Gasteiger partial charge < -0.3 is 19.9 Å². The predicted octanol–water partition coefficient (Wildman–Crippen LogP) is 4.01. The van der Waals surface area contributed by atoms with Gasteiger partial charge in [0.1, 0.15) is 11.6 Å². The first-order valence-corrected chi connectivity index (χ1v) is 15.3. The normalized spacial score (nSPS) is 25.7. The zero-order chi connectivity index (χ0) is 28.6. The number of nitrogens with one attached hydrogen (secondary N) is 1. The molecule has 5 heterocycles. The summed E-state index contributed by atoms with van der Waals surface area (Å²) in [5.74, 6) is 1.43. The fourth-order valence-electron chi connectivity index (χ4n) is 7.14. The molecule has 4 aliphatic rings. The smallest absolute Gasteiger partial charge is 0.296 e. The first-order chi connectivity index (χ1) is 20.5. The van der Waals surface area contributed by atoms with E-state index in [1.54, 1.807) is 24.3 Å². The Hall–Kier alpha value is -3.38. The zero-order valence-corrected chi connectivity index (χ0v) is 23.8. The van der Waals surface area contributed by atoms with Crippen LogP contribution in [0.3, 0.4) is 0 Å². The van der Waals surface area contributed by atoms with E-state index in [0.717, 1.165) is 51.7 Å². The number of alkyl halides is 2. The molecule has 0 bridgehead atoms. The molecular formula is C30H38F2N8O2. The molecule has 2 aromatic heterocycles. The summed E-state index contributed by atoms with van der Waals surface area (Å²) in [6.07, 6.45) is 4.19. The van der Waals surface area contributed by atoms with Gasteiger partial charge in [0.05, 0.1) is 30.3 Å². The number of ether oxygens (including phenoxy) is 1. The van der Waals surface area contributed by atoms with Crippen LogP contribution in [0.25, 0.3) is 16.9 Å². The lowest BCUT2D eigenvalue weighted by atomic mass is 9.90. The minimum atomic E-state index is -2.76. The van der Waals surface area contributed by atoms with Crippen molar-refractivity contribution in [3.8, 4) is 5.82 Å². The monoisotopic (exact) mass is 580 g/mol. The van der Waals surface area contributed by atoms with Gasteiger partial charge in [-0.1, -0.05) is 12.1 Å². The maximum atomic E-state index is 14.2. The van der Waals surface area contributed by atoms with Crippen molar-refractivity contribution in [2.24, 2.45) is 0 Å². The number of aromatic nitrogens is 4. The number of hydrogen-bond acceptors (Lipinski definition) is 8. The van der Waals surface area contributed by atoms with Crippen LogP contribution in [-0.4, -0.2) is 99.3 Å². The van der Waals surface area contributed by atoms with Crippen molar-refractivity contribution in [3.05, 3.63) is 36.2 Å². The highest BCUT2D eigenvalue weighted by Crippen LogP contribution is 2.32. The summed E-state index contributed by atoms with van der Waals surface area (Å²) in [5, 5.41) is 3.52. The Balaban J connectivity index is 1.11. The fourth-order valence-corrected chi connectivity index (χ4v) is 7.14. The number of anilines is 2. The predicted molar refractivity (Wildman–Crippen MR) is 155 cm³/mol.